The van der Waals surface area contributed by atoms with Gasteiger partial charge >= 0.3 is 6.03 Å². The predicted octanol–water partition coefficient (Wildman–Crippen LogP) is 0.225. The van der Waals surface area contributed by atoms with Crippen molar-refractivity contribution in [2.45, 2.75) is 43.8 Å². The molecule has 1 aromatic heterocycles. The van der Waals surface area contributed by atoms with E-state index in [0.717, 1.165) is 17.7 Å². The van der Waals surface area contributed by atoms with Gasteiger partial charge in [0.1, 0.15) is 12.3 Å². The number of sulfone groups is 1. The van der Waals surface area contributed by atoms with Gasteiger partial charge in [-0.1, -0.05) is 0 Å². The predicted molar refractivity (Wildman–Crippen MR) is 93.2 cm³/mol. The first-order chi connectivity index (χ1) is 12.7. The first-order valence-electron chi connectivity index (χ1n) is 8.91. The molecule has 10 heteroatoms. The molecule has 4 amide bonds. The van der Waals surface area contributed by atoms with E-state index in [1.54, 1.807) is 17.0 Å². The molecule has 1 aromatic rings. The van der Waals surface area contributed by atoms with E-state index in [1.807, 2.05) is 0 Å². The number of carbonyl (C=O) groups excluding carboxylic acids is 3. The first kappa shape index (κ1) is 18.0. The lowest BCUT2D eigenvalue weighted by Gasteiger charge is -2.29. The minimum Gasteiger partial charge on any atom is -0.466 e. The maximum absolute atomic E-state index is 12.9. The van der Waals surface area contributed by atoms with Gasteiger partial charge < -0.3 is 14.6 Å². The highest BCUT2D eigenvalue weighted by Crippen LogP contribution is 2.33. The van der Waals surface area contributed by atoms with Gasteiger partial charge in [0.25, 0.3) is 5.91 Å². The van der Waals surface area contributed by atoms with Gasteiger partial charge in [-0.2, -0.15) is 0 Å². The van der Waals surface area contributed by atoms with Crippen LogP contribution in [-0.4, -0.2) is 66.2 Å². The van der Waals surface area contributed by atoms with Crippen molar-refractivity contribution in [2.24, 2.45) is 0 Å². The summed E-state index contributed by atoms with van der Waals surface area (Å²) >= 11 is 0. The fraction of sp³-hybridized carbons (Fsp3) is 0.588. The quantitative estimate of drug-likeness (QED) is 0.713. The molecule has 1 aliphatic carbocycles. The van der Waals surface area contributed by atoms with Crippen LogP contribution in [0.15, 0.2) is 22.8 Å². The molecule has 2 unspecified atom stereocenters. The number of nitrogens with one attached hydrogen (secondary N) is 1. The Morgan fingerprint density at radius 1 is 1.33 bits per heavy atom. The van der Waals surface area contributed by atoms with Crippen LogP contribution in [0.3, 0.4) is 0 Å². The van der Waals surface area contributed by atoms with E-state index in [1.165, 1.54) is 13.2 Å². The third-order valence-electron chi connectivity index (χ3n) is 5.41. The van der Waals surface area contributed by atoms with E-state index >= 15 is 0 Å². The first-order valence-corrected chi connectivity index (χ1v) is 10.7. The summed E-state index contributed by atoms with van der Waals surface area (Å²) in [6.45, 7) is 1.12. The normalized spacial score (nSPS) is 29.8. The van der Waals surface area contributed by atoms with E-state index in [4.69, 9.17) is 4.42 Å². The maximum Gasteiger partial charge on any atom is 0.325 e. The van der Waals surface area contributed by atoms with E-state index in [9.17, 15) is 22.8 Å². The van der Waals surface area contributed by atoms with Crippen LogP contribution < -0.4 is 5.32 Å². The van der Waals surface area contributed by atoms with Gasteiger partial charge in [0.15, 0.2) is 15.4 Å². The van der Waals surface area contributed by atoms with Gasteiger partial charge in [-0.15, -0.1) is 0 Å². The number of imide groups is 1. The number of hydrogen-bond acceptors (Lipinski definition) is 6. The third kappa shape index (κ3) is 3.11. The second kappa shape index (κ2) is 6.08. The van der Waals surface area contributed by atoms with E-state index in [-0.39, 0.29) is 29.3 Å². The highest BCUT2D eigenvalue weighted by molar-refractivity contribution is 7.91. The molecule has 4 rings (SSSR count). The molecule has 1 N–H and O–H groups in total. The molecule has 3 heterocycles. The molecule has 0 spiro atoms. The topological polar surface area (TPSA) is 117 Å². The third-order valence-corrected chi connectivity index (χ3v) is 7.16. The summed E-state index contributed by atoms with van der Waals surface area (Å²) in [6, 6.07) is 2.15. The monoisotopic (exact) mass is 395 g/mol. The number of nitrogens with zero attached hydrogens (tertiary/aromatic N) is 2. The molecular formula is C17H21N3O6S. The largest absolute Gasteiger partial charge is 0.466 e. The van der Waals surface area contributed by atoms with E-state index < -0.39 is 39.8 Å². The highest BCUT2D eigenvalue weighted by atomic mass is 32.2. The van der Waals surface area contributed by atoms with Crippen molar-refractivity contribution < 1.29 is 27.2 Å². The molecule has 2 saturated heterocycles. The zero-order chi connectivity index (χ0) is 19.4. The molecule has 9 nitrogen and oxygen atoms in total. The van der Waals surface area contributed by atoms with Crippen molar-refractivity contribution >= 4 is 27.7 Å². The van der Waals surface area contributed by atoms with Crippen LogP contribution in [0.2, 0.25) is 0 Å². The molecule has 2 atom stereocenters. The van der Waals surface area contributed by atoms with Crippen LogP contribution >= 0.6 is 0 Å². The summed E-state index contributed by atoms with van der Waals surface area (Å²) in [5.74, 6) is -0.665. The van der Waals surface area contributed by atoms with Gasteiger partial charge in [-0.05, 0) is 38.3 Å². The Hall–Kier alpha value is -2.36. The Bertz CT molecular complexity index is 892. The number of furan rings is 1. The van der Waals surface area contributed by atoms with E-state index in [2.05, 4.69) is 5.32 Å². The molecule has 0 radical (unpaired) electrons. The fourth-order valence-electron chi connectivity index (χ4n) is 3.84. The van der Waals surface area contributed by atoms with Gasteiger partial charge in [0.2, 0.25) is 5.91 Å². The summed E-state index contributed by atoms with van der Waals surface area (Å²) in [7, 11) is -3.14. The summed E-state index contributed by atoms with van der Waals surface area (Å²) < 4.78 is 28.9. The molecule has 0 bridgehead atoms. The number of hydrogen-bond donors (Lipinski definition) is 1. The molecule has 146 valence electrons. The van der Waals surface area contributed by atoms with Gasteiger partial charge in [0, 0.05) is 12.1 Å². The van der Waals surface area contributed by atoms with Crippen molar-refractivity contribution in [3.8, 4) is 0 Å². The standard InChI is InChI=1S/C17H21N3O6S/c1-17(13-3-2-7-26-13)15(22)19(16(23)18-17)9-14(21)20(11-4-5-11)12-6-8-27(24,25)10-12/h2-3,7,11-12H,4-6,8-10H2,1H3,(H,18,23). The lowest BCUT2D eigenvalue weighted by Crippen LogP contribution is -2.49. The van der Waals surface area contributed by atoms with E-state index in [0.29, 0.717) is 6.42 Å². The summed E-state index contributed by atoms with van der Waals surface area (Å²) in [4.78, 5) is 40.5. The average Bonchev–Trinajstić information content (AvgIpc) is 3.04. The Morgan fingerprint density at radius 3 is 2.63 bits per heavy atom. The Balaban J connectivity index is 1.52. The minimum absolute atomic E-state index is 0.00646. The summed E-state index contributed by atoms with van der Waals surface area (Å²) in [5.41, 5.74) is -1.36. The van der Waals surface area contributed by atoms with Crippen LogP contribution in [0, 0.1) is 0 Å². The second-order valence-electron chi connectivity index (χ2n) is 7.51. The second-order valence-corrected chi connectivity index (χ2v) is 9.74. The average molecular weight is 395 g/mol. The van der Waals surface area contributed by atoms with Gasteiger partial charge in [-0.25, -0.2) is 13.2 Å². The number of amides is 4. The fourth-order valence-corrected chi connectivity index (χ4v) is 5.55. The molecule has 1 saturated carbocycles. The van der Waals surface area contributed by atoms with Crippen molar-refractivity contribution in [3.63, 3.8) is 0 Å². The minimum atomic E-state index is -3.14. The smallest absolute Gasteiger partial charge is 0.325 e. The molecule has 2 aliphatic heterocycles. The van der Waals surface area contributed by atoms with Crippen molar-refractivity contribution in [3.05, 3.63) is 24.2 Å². The lowest BCUT2D eigenvalue weighted by atomic mass is 9.99. The Morgan fingerprint density at radius 2 is 2.07 bits per heavy atom. The van der Waals surface area contributed by atoms with Gasteiger partial charge in [-0.3, -0.25) is 14.5 Å². The molecular weight excluding hydrogens is 374 g/mol. The van der Waals surface area contributed by atoms with Crippen LogP contribution in [0.25, 0.3) is 0 Å². The molecule has 3 fully saturated rings. The van der Waals surface area contributed by atoms with Crippen LogP contribution in [0.4, 0.5) is 4.79 Å². The number of carbonyl (C=O) groups is 3. The SMILES string of the molecule is CC1(c2ccco2)NC(=O)N(CC(=O)N(C2CC2)C2CCS(=O)(=O)C2)C1=O. The zero-order valence-corrected chi connectivity index (χ0v) is 15.7. The van der Waals surface area contributed by atoms with Gasteiger partial charge in [0.05, 0.1) is 17.8 Å². The van der Waals surface area contributed by atoms with Crippen molar-refractivity contribution in [2.75, 3.05) is 18.1 Å². The lowest BCUT2D eigenvalue weighted by molar-refractivity contribution is -0.140. The molecule has 27 heavy (non-hydrogen) atoms. The van der Waals surface area contributed by atoms with Crippen molar-refractivity contribution in [1.82, 2.24) is 15.1 Å². The maximum atomic E-state index is 12.9. The Kier molecular flexibility index (Phi) is 4.06. The number of urea groups is 1. The highest BCUT2D eigenvalue weighted by Gasteiger charge is 2.52. The van der Waals surface area contributed by atoms with Crippen LogP contribution in [0.1, 0.15) is 31.9 Å². The zero-order valence-electron chi connectivity index (χ0n) is 14.9. The Labute approximate surface area is 156 Å². The summed E-state index contributed by atoms with van der Waals surface area (Å²) in [6.07, 6.45) is 3.43. The molecule has 0 aromatic carbocycles. The van der Waals surface area contributed by atoms with Crippen LogP contribution in [-0.2, 0) is 25.0 Å². The number of rotatable bonds is 5. The summed E-state index contributed by atoms with van der Waals surface area (Å²) in [5, 5.41) is 2.58. The molecule has 3 aliphatic rings. The van der Waals surface area contributed by atoms with Crippen LogP contribution in [0.5, 0.6) is 0 Å². The van der Waals surface area contributed by atoms with Crippen molar-refractivity contribution in [1.29, 1.82) is 0 Å².